The maximum Gasteiger partial charge on any atom is 0.132 e. The molecule has 0 saturated heterocycles. The first-order valence-corrected chi connectivity index (χ1v) is 6.79. The predicted octanol–water partition coefficient (Wildman–Crippen LogP) is 2.15. The fraction of sp³-hybridized carbons (Fsp3) is 0.538. The fourth-order valence-electron chi connectivity index (χ4n) is 1.35. The minimum absolute atomic E-state index is 0.340. The van der Waals surface area contributed by atoms with Gasteiger partial charge in [-0.05, 0) is 12.1 Å². The van der Waals surface area contributed by atoms with Crippen LogP contribution in [0.1, 0.15) is 13.8 Å². The van der Waals surface area contributed by atoms with Gasteiger partial charge >= 0.3 is 0 Å². The summed E-state index contributed by atoms with van der Waals surface area (Å²) >= 11 is 1.62. The van der Waals surface area contributed by atoms with E-state index in [1.165, 1.54) is 0 Å². The van der Waals surface area contributed by atoms with Crippen molar-refractivity contribution in [1.29, 1.82) is 0 Å². The molecule has 0 radical (unpaired) electrons. The number of methoxy groups -OCH3 is 1. The topological polar surface area (TPSA) is 41.5 Å². The van der Waals surface area contributed by atoms with Crippen molar-refractivity contribution in [1.82, 2.24) is 5.32 Å². The number of rotatable bonds is 7. The molecule has 0 aliphatic carbocycles. The second kappa shape index (κ2) is 7.58. The Morgan fingerprint density at radius 1 is 1.35 bits per heavy atom. The highest BCUT2D eigenvalue weighted by atomic mass is 32.2. The first-order valence-electron chi connectivity index (χ1n) is 5.80. The van der Waals surface area contributed by atoms with Gasteiger partial charge in [0, 0.05) is 23.2 Å². The van der Waals surface area contributed by atoms with Gasteiger partial charge in [-0.25, -0.2) is 0 Å². The number of hydrogen-bond acceptors (Lipinski definition) is 4. The summed E-state index contributed by atoms with van der Waals surface area (Å²) in [6.07, 6.45) is -0.340. The van der Waals surface area contributed by atoms with Crippen LogP contribution in [0, 0.1) is 0 Å². The number of hydrogen-bond donors (Lipinski definition) is 2. The van der Waals surface area contributed by atoms with E-state index in [1.54, 1.807) is 18.9 Å². The van der Waals surface area contributed by atoms with Gasteiger partial charge in [0.2, 0.25) is 0 Å². The van der Waals surface area contributed by atoms with Gasteiger partial charge in [-0.1, -0.05) is 26.0 Å². The molecule has 1 aromatic carbocycles. The molecule has 4 heteroatoms. The molecule has 96 valence electrons. The molecule has 0 saturated carbocycles. The third-order valence-electron chi connectivity index (χ3n) is 2.26. The Balaban J connectivity index is 2.39. The molecule has 0 amide bonds. The normalized spacial score (nSPS) is 12.8. The lowest BCUT2D eigenvalue weighted by molar-refractivity contribution is 0.192. The molecule has 0 aliphatic heterocycles. The minimum Gasteiger partial charge on any atom is -0.496 e. The van der Waals surface area contributed by atoms with Crippen LogP contribution in [0.5, 0.6) is 5.75 Å². The molecule has 0 fully saturated rings. The zero-order valence-electron chi connectivity index (χ0n) is 10.6. The Labute approximate surface area is 108 Å². The highest BCUT2D eigenvalue weighted by Gasteiger charge is 2.08. The van der Waals surface area contributed by atoms with Gasteiger partial charge in [-0.15, -0.1) is 11.8 Å². The Hall–Kier alpha value is -0.710. The van der Waals surface area contributed by atoms with E-state index in [2.05, 4.69) is 19.2 Å². The van der Waals surface area contributed by atoms with Crippen molar-refractivity contribution >= 4 is 11.8 Å². The first-order chi connectivity index (χ1) is 8.13. The molecule has 0 spiro atoms. The Kier molecular flexibility index (Phi) is 6.40. The number of aliphatic hydroxyl groups excluding tert-OH is 1. The summed E-state index contributed by atoms with van der Waals surface area (Å²) in [6, 6.07) is 8.26. The molecule has 0 aliphatic rings. The smallest absolute Gasteiger partial charge is 0.132 e. The Morgan fingerprint density at radius 2 is 2.06 bits per heavy atom. The zero-order chi connectivity index (χ0) is 12.7. The third kappa shape index (κ3) is 5.44. The molecule has 1 aromatic rings. The van der Waals surface area contributed by atoms with E-state index >= 15 is 0 Å². The SMILES string of the molecule is COc1ccccc1SCC(O)CNC(C)C. The van der Waals surface area contributed by atoms with Gasteiger partial charge in [0.25, 0.3) is 0 Å². The van der Waals surface area contributed by atoms with E-state index in [9.17, 15) is 5.11 Å². The molecule has 0 heterocycles. The summed E-state index contributed by atoms with van der Waals surface area (Å²) in [5.41, 5.74) is 0. The largest absolute Gasteiger partial charge is 0.496 e. The number of para-hydroxylation sites is 1. The van der Waals surface area contributed by atoms with Crippen molar-refractivity contribution in [2.75, 3.05) is 19.4 Å². The van der Waals surface area contributed by atoms with Crippen LogP contribution in [-0.4, -0.2) is 36.7 Å². The number of thioether (sulfide) groups is 1. The summed E-state index contributed by atoms with van der Waals surface area (Å²) in [5, 5.41) is 13.0. The molecular weight excluding hydrogens is 234 g/mol. The van der Waals surface area contributed by atoms with Crippen LogP contribution in [0.3, 0.4) is 0 Å². The summed E-state index contributed by atoms with van der Waals surface area (Å²) in [6.45, 7) is 4.76. The van der Waals surface area contributed by atoms with E-state index in [0.717, 1.165) is 10.6 Å². The van der Waals surface area contributed by atoms with Gasteiger partial charge in [-0.2, -0.15) is 0 Å². The van der Waals surface area contributed by atoms with Crippen molar-refractivity contribution < 1.29 is 9.84 Å². The second-order valence-corrected chi connectivity index (χ2v) is 5.24. The summed E-state index contributed by atoms with van der Waals surface area (Å²) < 4.78 is 5.26. The molecule has 17 heavy (non-hydrogen) atoms. The van der Waals surface area contributed by atoms with Crippen molar-refractivity contribution in [2.45, 2.75) is 30.9 Å². The molecule has 2 N–H and O–H groups in total. The maximum absolute atomic E-state index is 9.80. The van der Waals surface area contributed by atoms with Crippen molar-refractivity contribution in [3.63, 3.8) is 0 Å². The van der Waals surface area contributed by atoms with Crippen LogP contribution >= 0.6 is 11.8 Å². The lowest BCUT2D eigenvalue weighted by Gasteiger charge is -2.14. The standard InChI is InChI=1S/C13H21NO2S/c1-10(2)14-8-11(15)9-17-13-7-5-4-6-12(13)16-3/h4-7,10-11,14-15H,8-9H2,1-3H3. The third-order valence-corrected chi connectivity index (χ3v) is 3.46. The van der Waals surface area contributed by atoms with Crippen molar-refractivity contribution in [3.8, 4) is 5.75 Å². The number of nitrogens with one attached hydrogen (secondary N) is 1. The van der Waals surface area contributed by atoms with Crippen LogP contribution in [0.25, 0.3) is 0 Å². The van der Waals surface area contributed by atoms with Crippen LogP contribution in [0.15, 0.2) is 29.2 Å². The van der Waals surface area contributed by atoms with Gasteiger partial charge in [-0.3, -0.25) is 0 Å². The number of ether oxygens (including phenoxy) is 1. The van der Waals surface area contributed by atoms with E-state index in [1.807, 2.05) is 24.3 Å². The van der Waals surface area contributed by atoms with E-state index in [0.29, 0.717) is 18.3 Å². The van der Waals surface area contributed by atoms with E-state index < -0.39 is 0 Å². The predicted molar refractivity (Wildman–Crippen MR) is 72.9 cm³/mol. The molecule has 1 rings (SSSR count). The van der Waals surface area contributed by atoms with Gasteiger partial charge in [0.1, 0.15) is 5.75 Å². The summed E-state index contributed by atoms with van der Waals surface area (Å²) in [5.74, 6) is 1.53. The monoisotopic (exact) mass is 255 g/mol. The van der Waals surface area contributed by atoms with E-state index in [4.69, 9.17) is 4.74 Å². The lowest BCUT2D eigenvalue weighted by atomic mass is 10.3. The van der Waals surface area contributed by atoms with Crippen molar-refractivity contribution in [2.24, 2.45) is 0 Å². The molecule has 0 bridgehead atoms. The van der Waals surface area contributed by atoms with Crippen LogP contribution in [0.2, 0.25) is 0 Å². The van der Waals surface area contributed by atoms with Crippen molar-refractivity contribution in [3.05, 3.63) is 24.3 Å². The molecular formula is C13H21NO2S. The molecule has 3 nitrogen and oxygen atoms in total. The minimum atomic E-state index is -0.340. The van der Waals surface area contributed by atoms with Gasteiger partial charge in [0.15, 0.2) is 0 Å². The van der Waals surface area contributed by atoms with Crippen LogP contribution in [0.4, 0.5) is 0 Å². The number of aliphatic hydroxyl groups is 1. The molecule has 0 aromatic heterocycles. The average Bonchev–Trinajstić information content (AvgIpc) is 2.34. The molecule has 1 atom stereocenters. The average molecular weight is 255 g/mol. The molecule has 1 unspecified atom stereocenters. The quantitative estimate of drug-likeness (QED) is 0.733. The lowest BCUT2D eigenvalue weighted by Crippen LogP contribution is -2.33. The Bertz CT molecular complexity index is 331. The Morgan fingerprint density at radius 3 is 2.71 bits per heavy atom. The zero-order valence-corrected chi connectivity index (χ0v) is 11.5. The second-order valence-electron chi connectivity index (χ2n) is 4.18. The van der Waals surface area contributed by atoms with Gasteiger partial charge in [0.05, 0.1) is 13.2 Å². The maximum atomic E-state index is 9.80. The van der Waals surface area contributed by atoms with Crippen LogP contribution < -0.4 is 10.1 Å². The van der Waals surface area contributed by atoms with Crippen LogP contribution in [-0.2, 0) is 0 Å². The van der Waals surface area contributed by atoms with E-state index in [-0.39, 0.29) is 6.10 Å². The van der Waals surface area contributed by atoms with Gasteiger partial charge < -0.3 is 15.2 Å². The first kappa shape index (κ1) is 14.4. The number of benzene rings is 1. The fourth-order valence-corrected chi connectivity index (χ4v) is 2.31. The highest BCUT2D eigenvalue weighted by molar-refractivity contribution is 7.99. The summed E-state index contributed by atoms with van der Waals surface area (Å²) in [7, 11) is 1.66. The highest BCUT2D eigenvalue weighted by Crippen LogP contribution is 2.28. The summed E-state index contributed by atoms with van der Waals surface area (Å²) in [4.78, 5) is 1.07.